The number of carboxylic acid groups (broad SMARTS) is 1. The van der Waals surface area contributed by atoms with Gasteiger partial charge in [-0.25, -0.2) is 14.5 Å². The fourth-order valence-corrected chi connectivity index (χ4v) is 2.90. The summed E-state index contributed by atoms with van der Waals surface area (Å²) in [5.74, 6) is -0.467. The molecule has 0 fully saturated rings. The molecule has 0 saturated heterocycles. The Balaban J connectivity index is 0.00000100. The number of aliphatic hydroxyl groups excluding tert-OH is 1. The molecule has 130 valence electrons. The summed E-state index contributed by atoms with van der Waals surface area (Å²) in [6, 6.07) is 3.75. The van der Waals surface area contributed by atoms with Crippen LogP contribution in [0.2, 0.25) is 0 Å². The van der Waals surface area contributed by atoms with Gasteiger partial charge in [-0.05, 0) is 36.5 Å². The van der Waals surface area contributed by atoms with Gasteiger partial charge in [0.1, 0.15) is 0 Å². The van der Waals surface area contributed by atoms with Gasteiger partial charge in [-0.2, -0.15) is 5.10 Å². The summed E-state index contributed by atoms with van der Waals surface area (Å²) in [5.41, 5.74) is 2.15. The summed E-state index contributed by atoms with van der Waals surface area (Å²) in [6.45, 7) is 9.90. The number of hydrogen-bond donors (Lipinski definition) is 2. The van der Waals surface area contributed by atoms with Crippen molar-refractivity contribution in [3.63, 3.8) is 0 Å². The Morgan fingerprint density at radius 3 is 2.62 bits per heavy atom. The lowest BCUT2D eigenvalue weighted by Crippen LogP contribution is -2.38. The molecule has 2 N–H and O–H groups in total. The first kappa shape index (κ1) is 18.1. The van der Waals surface area contributed by atoms with E-state index in [9.17, 15) is 15.0 Å². The summed E-state index contributed by atoms with van der Waals surface area (Å²) < 4.78 is 1.61. The number of carboxylic acids is 1. The lowest BCUT2D eigenvalue weighted by molar-refractivity contribution is 0.0408. The van der Waals surface area contributed by atoms with E-state index in [-0.39, 0.29) is 11.1 Å². The van der Waals surface area contributed by atoms with Crippen LogP contribution in [0.4, 0.5) is 0 Å². The molecule has 0 bridgehead atoms. The van der Waals surface area contributed by atoms with Gasteiger partial charge in [-0.1, -0.05) is 27.7 Å². The largest absolute Gasteiger partial charge is 0.476 e. The number of rotatable bonds is 2. The van der Waals surface area contributed by atoms with Gasteiger partial charge in [0.2, 0.25) is 0 Å². The van der Waals surface area contributed by atoms with Crippen LogP contribution >= 0.6 is 0 Å². The molecule has 0 spiro atoms. The van der Waals surface area contributed by atoms with Gasteiger partial charge in [-0.3, -0.25) is 0 Å². The Morgan fingerprint density at radius 1 is 1.38 bits per heavy atom. The van der Waals surface area contributed by atoms with Crippen LogP contribution in [0, 0.1) is 12.3 Å². The van der Waals surface area contributed by atoms with Gasteiger partial charge in [0, 0.05) is 18.2 Å². The summed E-state index contributed by atoms with van der Waals surface area (Å²) >= 11 is 0. The van der Waals surface area contributed by atoms with Crippen LogP contribution in [0.5, 0.6) is 0 Å². The van der Waals surface area contributed by atoms with Crippen molar-refractivity contribution < 1.29 is 15.0 Å². The number of nitrogens with zero attached hydrogens (tertiary/aromatic N) is 3. The molecule has 1 aliphatic rings. The van der Waals surface area contributed by atoms with Crippen molar-refractivity contribution in [2.75, 3.05) is 0 Å². The number of aromatic carboxylic acids is 1. The van der Waals surface area contributed by atoms with E-state index in [2.05, 4.69) is 10.1 Å². The molecular formula is C18H25N3O3. The van der Waals surface area contributed by atoms with Gasteiger partial charge in [0.05, 0.1) is 11.8 Å². The molecule has 1 atom stereocenters. The van der Waals surface area contributed by atoms with Crippen LogP contribution in [0.1, 0.15) is 55.0 Å². The number of aryl methyl sites for hydroxylation is 1. The van der Waals surface area contributed by atoms with Crippen molar-refractivity contribution in [3.05, 3.63) is 40.8 Å². The molecule has 1 unspecified atom stereocenters. The zero-order valence-corrected chi connectivity index (χ0v) is 14.9. The lowest BCUT2D eigenvalue weighted by Gasteiger charge is -2.35. The van der Waals surface area contributed by atoms with Crippen LogP contribution in [0.15, 0.2) is 18.3 Å². The molecular weight excluding hydrogens is 306 g/mol. The molecule has 0 aromatic carbocycles. The zero-order chi connectivity index (χ0) is 18.1. The third kappa shape index (κ3) is 3.19. The highest BCUT2D eigenvalue weighted by Crippen LogP contribution is 2.37. The predicted octanol–water partition coefficient (Wildman–Crippen LogP) is 2.79. The number of carbonyl (C=O) groups is 1. The SMILES string of the molecule is CC.Cc1ccnc(-n2nc(C(=O)O)c3c2CC(C)(C)C(O)C3)c1. The molecule has 0 saturated carbocycles. The average molecular weight is 331 g/mol. The van der Waals surface area contributed by atoms with E-state index in [0.717, 1.165) is 11.3 Å². The van der Waals surface area contributed by atoms with E-state index in [0.29, 0.717) is 24.2 Å². The molecule has 3 rings (SSSR count). The monoisotopic (exact) mass is 331 g/mol. The minimum absolute atomic E-state index is 0.00727. The van der Waals surface area contributed by atoms with Crippen LogP contribution in [-0.2, 0) is 12.8 Å². The maximum absolute atomic E-state index is 11.5. The van der Waals surface area contributed by atoms with Crippen LogP contribution in [0.3, 0.4) is 0 Å². The van der Waals surface area contributed by atoms with Gasteiger partial charge >= 0.3 is 5.97 Å². The lowest BCUT2D eigenvalue weighted by atomic mass is 9.74. The standard InChI is InChI=1S/C16H19N3O3.C2H6/c1-9-4-5-17-13(6-9)19-11-8-16(2,3)12(20)7-10(11)14(18-19)15(21)22;1-2/h4-6,12,20H,7-8H2,1-3H3,(H,21,22);1-2H3. The highest BCUT2D eigenvalue weighted by atomic mass is 16.4. The van der Waals surface area contributed by atoms with Crippen molar-refractivity contribution in [2.45, 2.75) is 53.6 Å². The van der Waals surface area contributed by atoms with Gasteiger partial charge in [0.15, 0.2) is 11.5 Å². The van der Waals surface area contributed by atoms with E-state index >= 15 is 0 Å². The van der Waals surface area contributed by atoms with E-state index in [1.165, 1.54) is 0 Å². The third-order valence-electron chi connectivity index (χ3n) is 4.33. The third-order valence-corrected chi connectivity index (χ3v) is 4.33. The first-order chi connectivity index (χ1) is 11.3. The molecule has 0 amide bonds. The zero-order valence-electron chi connectivity index (χ0n) is 14.9. The summed E-state index contributed by atoms with van der Waals surface area (Å²) in [6.07, 6.45) is 1.96. The van der Waals surface area contributed by atoms with E-state index in [1.807, 2.05) is 46.8 Å². The Morgan fingerprint density at radius 2 is 2.04 bits per heavy atom. The highest BCUT2D eigenvalue weighted by Gasteiger charge is 2.39. The first-order valence-corrected chi connectivity index (χ1v) is 8.25. The molecule has 6 heteroatoms. The molecule has 1 aliphatic carbocycles. The van der Waals surface area contributed by atoms with Crippen molar-refractivity contribution in [2.24, 2.45) is 5.41 Å². The normalized spacial score (nSPS) is 18.3. The number of hydrogen-bond acceptors (Lipinski definition) is 4. The highest BCUT2D eigenvalue weighted by molar-refractivity contribution is 5.87. The molecule has 0 radical (unpaired) electrons. The maximum Gasteiger partial charge on any atom is 0.356 e. The van der Waals surface area contributed by atoms with Crippen molar-refractivity contribution in [1.82, 2.24) is 14.8 Å². The molecule has 2 heterocycles. The summed E-state index contributed by atoms with van der Waals surface area (Å²) in [5, 5.41) is 23.9. The minimum atomic E-state index is -1.07. The second kappa shape index (κ2) is 6.73. The van der Waals surface area contributed by atoms with E-state index in [4.69, 9.17) is 0 Å². The first-order valence-electron chi connectivity index (χ1n) is 8.25. The molecule has 0 aliphatic heterocycles. The van der Waals surface area contributed by atoms with Crippen LogP contribution in [-0.4, -0.2) is 37.1 Å². The molecule has 24 heavy (non-hydrogen) atoms. The Kier molecular flexibility index (Phi) is 5.08. The summed E-state index contributed by atoms with van der Waals surface area (Å²) in [4.78, 5) is 15.8. The number of pyridine rings is 1. The Bertz CT molecular complexity index is 750. The molecule has 2 aromatic heterocycles. The molecule has 6 nitrogen and oxygen atoms in total. The van der Waals surface area contributed by atoms with Crippen LogP contribution in [0.25, 0.3) is 5.82 Å². The van der Waals surface area contributed by atoms with Gasteiger partial charge in [0.25, 0.3) is 0 Å². The van der Waals surface area contributed by atoms with E-state index < -0.39 is 12.1 Å². The van der Waals surface area contributed by atoms with Gasteiger partial charge < -0.3 is 10.2 Å². The average Bonchev–Trinajstić information content (AvgIpc) is 2.87. The van der Waals surface area contributed by atoms with E-state index in [1.54, 1.807) is 10.9 Å². The second-order valence-electron chi connectivity index (χ2n) is 6.57. The Hall–Kier alpha value is -2.21. The topological polar surface area (TPSA) is 88.2 Å². The smallest absolute Gasteiger partial charge is 0.356 e. The Labute approximate surface area is 142 Å². The summed E-state index contributed by atoms with van der Waals surface area (Å²) in [7, 11) is 0. The number of aliphatic hydroxyl groups is 1. The predicted molar refractivity (Wildman–Crippen MR) is 91.6 cm³/mol. The fraction of sp³-hybridized carbons (Fsp3) is 0.500. The quantitative estimate of drug-likeness (QED) is 0.883. The van der Waals surface area contributed by atoms with Crippen molar-refractivity contribution in [1.29, 1.82) is 0 Å². The fourth-order valence-electron chi connectivity index (χ4n) is 2.90. The molecule has 2 aromatic rings. The van der Waals surface area contributed by atoms with Gasteiger partial charge in [-0.15, -0.1) is 0 Å². The second-order valence-corrected chi connectivity index (χ2v) is 6.57. The van der Waals surface area contributed by atoms with Crippen molar-refractivity contribution in [3.8, 4) is 5.82 Å². The maximum atomic E-state index is 11.5. The minimum Gasteiger partial charge on any atom is -0.476 e. The number of fused-ring (bicyclic) bond motifs is 1. The van der Waals surface area contributed by atoms with Crippen molar-refractivity contribution >= 4 is 5.97 Å². The number of aromatic nitrogens is 3. The van der Waals surface area contributed by atoms with Crippen LogP contribution < -0.4 is 0 Å².